The molecule has 1 atom stereocenters. The highest BCUT2D eigenvalue weighted by Crippen LogP contribution is 2.18. The van der Waals surface area contributed by atoms with Crippen LogP contribution in [0.2, 0.25) is 0 Å². The van der Waals surface area contributed by atoms with Crippen LogP contribution in [0.5, 0.6) is 0 Å². The molecule has 0 heterocycles. The van der Waals surface area contributed by atoms with Crippen LogP contribution < -0.4 is 0 Å². The van der Waals surface area contributed by atoms with E-state index in [1.54, 1.807) is 5.57 Å². The molecular weight excluding hydrogens is 216 g/mol. The van der Waals surface area contributed by atoms with E-state index in [4.69, 9.17) is 0 Å². The molecule has 0 N–H and O–H groups in total. The predicted molar refractivity (Wildman–Crippen MR) is 84.9 cm³/mol. The van der Waals surface area contributed by atoms with Crippen molar-refractivity contribution in [2.24, 2.45) is 11.8 Å². The summed E-state index contributed by atoms with van der Waals surface area (Å²) in [6, 6.07) is 0. The first-order chi connectivity index (χ1) is 8.41. The van der Waals surface area contributed by atoms with Crippen molar-refractivity contribution < 1.29 is 0 Å². The Morgan fingerprint density at radius 3 is 2.17 bits per heavy atom. The van der Waals surface area contributed by atoms with Crippen molar-refractivity contribution in [3.05, 3.63) is 23.3 Å². The Labute approximate surface area is 116 Å². The molecule has 0 aromatic rings. The molecule has 106 valence electrons. The normalized spacial score (nSPS) is 13.8. The van der Waals surface area contributed by atoms with Gasteiger partial charge in [0.25, 0.3) is 0 Å². The van der Waals surface area contributed by atoms with Gasteiger partial charge in [-0.15, -0.1) is 0 Å². The number of hydrogen-bond acceptors (Lipinski definition) is 0. The minimum absolute atomic E-state index is 0.794. The van der Waals surface area contributed by atoms with Gasteiger partial charge in [0.15, 0.2) is 0 Å². The van der Waals surface area contributed by atoms with Crippen molar-refractivity contribution in [1.82, 2.24) is 0 Å². The maximum absolute atomic E-state index is 2.43. The minimum Gasteiger partial charge on any atom is -0.0859 e. The molecule has 0 nitrogen and oxygen atoms in total. The van der Waals surface area contributed by atoms with Gasteiger partial charge in [-0.1, -0.05) is 50.5 Å². The molecule has 0 aromatic carbocycles. The van der Waals surface area contributed by atoms with E-state index < -0.39 is 0 Å². The second kappa shape index (κ2) is 10.4. The zero-order chi connectivity index (χ0) is 14.0. The highest BCUT2D eigenvalue weighted by atomic mass is 14.1. The third-order valence-electron chi connectivity index (χ3n) is 3.42. The van der Waals surface area contributed by atoms with E-state index in [0.717, 1.165) is 11.8 Å². The first-order valence-electron chi connectivity index (χ1n) is 7.70. The van der Waals surface area contributed by atoms with Gasteiger partial charge < -0.3 is 0 Å². The van der Waals surface area contributed by atoms with Gasteiger partial charge in [-0.05, 0) is 64.7 Å². The van der Waals surface area contributed by atoms with Gasteiger partial charge in [-0.25, -0.2) is 0 Å². The molecule has 0 aliphatic heterocycles. The molecule has 0 spiro atoms. The molecule has 0 aromatic heterocycles. The van der Waals surface area contributed by atoms with E-state index in [1.165, 1.54) is 44.1 Å². The van der Waals surface area contributed by atoms with Gasteiger partial charge in [-0.3, -0.25) is 0 Å². The molecule has 0 saturated heterocycles. The summed E-state index contributed by atoms with van der Waals surface area (Å²) >= 11 is 0. The molecule has 0 aliphatic rings. The summed E-state index contributed by atoms with van der Waals surface area (Å²) in [6.07, 6.45) is 12.7. The van der Waals surface area contributed by atoms with Crippen molar-refractivity contribution in [1.29, 1.82) is 0 Å². The molecule has 1 unspecified atom stereocenters. The summed E-state index contributed by atoms with van der Waals surface area (Å²) in [5.41, 5.74) is 3.04. The number of rotatable bonds is 9. The molecule has 0 rings (SSSR count). The second-order valence-electron chi connectivity index (χ2n) is 6.54. The second-order valence-corrected chi connectivity index (χ2v) is 6.54. The lowest BCUT2D eigenvalue weighted by Crippen LogP contribution is -1.94. The van der Waals surface area contributed by atoms with E-state index >= 15 is 0 Å². The van der Waals surface area contributed by atoms with E-state index in [9.17, 15) is 0 Å². The van der Waals surface area contributed by atoms with Gasteiger partial charge in [-0.2, -0.15) is 0 Å². The Hall–Kier alpha value is -0.520. The average molecular weight is 250 g/mol. The summed E-state index contributed by atoms with van der Waals surface area (Å²) in [5.74, 6) is 1.67. The Kier molecular flexibility index (Phi) is 10.1. The van der Waals surface area contributed by atoms with Crippen LogP contribution in [-0.4, -0.2) is 0 Å². The Bertz CT molecular complexity index is 251. The van der Waals surface area contributed by atoms with Crippen molar-refractivity contribution in [3.63, 3.8) is 0 Å². The minimum atomic E-state index is 0.794. The lowest BCUT2D eigenvalue weighted by Gasteiger charge is -2.10. The number of hydrogen-bond donors (Lipinski definition) is 0. The SMILES string of the molecule is CC(C)=CCCC(C)CCC/C(C)=C/CC(C)C. The first kappa shape index (κ1) is 17.5. The zero-order valence-corrected chi connectivity index (χ0v) is 13.6. The highest BCUT2D eigenvalue weighted by molar-refractivity contribution is 4.98. The Balaban J connectivity index is 3.64. The monoisotopic (exact) mass is 250 g/mol. The van der Waals surface area contributed by atoms with Crippen LogP contribution in [-0.2, 0) is 0 Å². The van der Waals surface area contributed by atoms with Crippen LogP contribution >= 0.6 is 0 Å². The average Bonchev–Trinajstić information content (AvgIpc) is 2.25. The van der Waals surface area contributed by atoms with E-state index in [2.05, 4.69) is 53.7 Å². The molecular formula is C18H34. The van der Waals surface area contributed by atoms with Crippen LogP contribution in [0.15, 0.2) is 23.3 Å². The molecule has 0 radical (unpaired) electrons. The van der Waals surface area contributed by atoms with E-state index in [1.807, 2.05) is 0 Å². The molecule has 0 aliphatic carbocycles. The van der Waals surface area contributed by atoms with Crippen molar-refractivity contribution in [2.45, 2.75) is 80.1 Å². The maximum atomic E-state index is 2.43. The predicted octanol–water partition coefficient (Wildman–Crippen LogP) is 6.53. The quantitative estimate of drug-likeness (QED) is 0.408. The van der Waals surface area contributed by atoms with Crippen molar-refractivity contribution in [3.8, 4) is 0 Å². The summed E-state index contributed by atoms with van der Waals surface area (Å²) in [5, 5.41) is 0. The summed E-state index contributed by atoms with van der Waals surface area (Å²) in [7, 11) is 0. The number of allylic oxidation sites excluding steroid dienone is 4. The van der Waals surface area contributed by atoms with Gasteiger partial charge in [0.2, 0.25) is 0 Å². The van der Waals surface area contributed by atoms with Gasteiger partial charge in [0.05, 0.1) is 0 Å². The fourth-order valence-electron chi connectivity index (χ4n) is 2.07. The first-order valence-corrected chi connectivity index (χ1v) is 7.70. The van der Waals surface area contributed by atoms with Gasteiger partial charge in [0.1, 0.15) is 0 Å². The highest BCUT2D eigenvalue weighted by Gasteiger charge is 2.01. The standard InChI is InChI=1S/C18H34/c1-15(2)9-7-10-17(5)11-8-12-18(6)14-13-16(3)4/h9,14,16-17H,7-8,10-13H2,1-6H3/b18-14+. The van der Waals surface area contributed by atoms with E-state index in [0.29, 0.717) is 0 Å². The van der Waals surface area contributed by atoms with E-state index in [-0.39, 0.29) is 0 Å². The fourth-order valence-corrected chi connectivity index (χ4v) is 2.07. The molecule has 0 saturated carbocycles. The lowest BCUT2D eigenvalue weighted by molar-refractivity contribution is 0.477. The fraction of sp³-hybridized carbons (Fsp3) is 0.778. The molecule has 18 heavy (non-hydrogen) atoms. The smallest absolute Gasteiger partial charge is 0.0323 e. The van der Waals surface area contributed by atoms with Crippen LogP contribution in [0, 0.1) is 11.8 Å². The molecule has 0 amide bonds. The summed E-state index contributed by atoms with van der Waals surface area (Å²) in [6.45, 7) is 13.6. The largest absolute Gasteiger partial charge is 0.0859 e. The van der Waals surface area contributed by atoms with Crippen LogP contribution in [0.3, 0.4) is 0 Å². The van der Waals surface area contributed by atoms with Crippen LogP contribution in [0.25, 0.3) is 0 Å². The van der Waals surface area contributed by atoms with Crippen LogP contribution in [0.1, 0.15) is 80.1 Å². The van der Waals surface area contributed by atoms with Crippen molar-refractivity contribution >= 4 is 0 Å². The Morgan fingerprint density at radius 2 is 1.61 bits per heavy atom. The third kappa shape index (κ3) is 12.0. The van der Waals surface area contributed by atoms with Crippen molar-refractivity contribution in [2.75, 3.05) is 0 Å². The van der Waals surface area contributed by atoms with Crippen LogP contribution in [0.4, 0.5) is 0 Å². The maximum Gasteiger partial charge on any atom is -0.0323 e. The summed E-state index contributed by atoms with van der Waals surface area (Å²) in [4.78, 5) is 0. The molecule has 0 heteroatoms. The zero-order valence-electron chi connectivity index (χ0n) is 13.6. The Morgan fingerprint density at radius 1 is 0.944 bits per heavy atom. The molecule has 0 bridgehead atoms. The lowest BCUT2D eigenvalue weighted by atomic mass is 9.96. The topological polar surface area (TPSA) is 0 Å². The third-order valence-corrected chi connectivity index (χ3v) is 3.42. The van der Waals surface area contributed by atoms with Gasteiger partial charge >= 0.3 is 0 Å². The molecule has 0 fully saturated rings. The van der Waals surface area contributed by atoms with Gasteiger partial charge in [0, 0.05) is 0 Å². The summed E-state index contributed by atoms with van der Waals surface area (Å²) < 4.78 is 0.